The minimum Gasteiger partial charge on any atom is -0.496 e. The third kappa shape index (κ3) is 1.61. The molecule has 0 saturated heterocycles. The second-order valence-electron chi connectivity index (χ2n) is 2.72. The zero-order chi connectivity index (χ0) is 9.97. The molecule has 0 amide bonds. The Morgan fingerprint density at radius 2 is 2.29 bits per heavy atom. The van der Waals surface area contributed by atoms with Crippen LogP contribution in [-0.2, 0) is 0 Å². The van der Waals surface area contributed by atoms with Gasteiger partial charge in [0.2, 0.25) is 0 Å². The van der Waals surface area contributed by atoms with Crippen LogP contribution in [0.3, 0.4) is 0 Å². The number of hydrogen-bond acceptors (Lipinski definition) is 3. The number of methoxy groups -OCH3 is 1. The van der Waals surface area contributed by atoms with Gasteiger partial charge in [0.1, 0.15) is 11.6 Å². The Kier molecular flexibility index (Phi) is 2.45. The normalized spacial score (nSPS) is 10.1. The number of ether oxygens (including phenoxy) is 1. The third-order valence-electron chi connectivity index (χ3n) is 1.87. The van der Waals surface area contributed by atoms with Gasteiger partial charge in [-0.3, -0.25) is 0 Å². The summed E-state index contributed by atoms with van der Waals surface area (Å²) in [7, 11) is 1.56. The van der Waals surface area contributed by atoms with Crippen LogP contribution in [0.15, 0.2) is 29.1 Å². The fraction of sp³-hybridized carbons (Fsp3) is 0.100. The van der Waals surface area contributed by atoms with Crippen molar-refractivity contribution in [2.45, 2.75) is 0 Å². The van der Waals surface area contributed by atoms with Crippen molar-refractivity contribution in [2.24, 2.45) is 0 Å². The fourth-order valence-corrected chi connectivity index (χ4v) is 1.78. The van der Waals surface area contributed by atoms with Crippen molar-refractivity contribution in [3.8, 4) is 17.0 Å². The Labute approximate surface area is 85.0 Å². The maximum atomic E-state index is 13.0. The predicted octanol–water partition coefficient (Wildman–Crippen LogP) is 2.96. The summed E-state index contributed by atoms with van der Waals surface area (Å²) >= 11 is 1.47. The second-order valence-corrected chi connectivity index (χ2v) is 3.44. The molecule has 2 nitrogen and oxygen atoms in total. The molecule has 0 spiro atoms. The molecule has 2 aromatic rings. The number of nitrogens with zero attached hydrogens (tertiary/aromatic N) is 1. The van der Waals surface area contributed by atoms with Gasteiger partial charge >= 0.3 is 0 Å². The molecular weight excluding hydrogens is 201 g/mol. The van der Waals surface area contributed by atoms with Crippen LogP contribution in [0, 0.1) is 5.82 Å². The molecule has 0 fully saturated rings. The maximum absolute atomic E-state index is 13.0. The second kappa shape index (κ2) is 3.75. The monoisotopic (exact) mass is 209 g/mol. The standard InChI is InChI=1S/C10H8FNOS/c1-13-10-3-2-7(11)4-8(10)9-5-14-6-12-9/h2-6H,1H3. The Bertz CT molecular complexity index is 428. The predicted molar refractivity (Wildman–Crippen MR) is 54.1 cm³/mol. The van der Waals surface area contributed by atoms with Gasteiger partial charge in [-0.15, -0.1) is 11.3 Å². The summed E-state index contributed by atoms with van der Waals surface area (Å²) in [4.78, 5) is 4.11. The van der Waals surface area contributed by atoms with E-state index in [1.54, 1.807) is 18.7 Å². The summed E-state index contributed by atoms with van der Waals surface area (Å²) in [6.07, 6.45) is 0. The molecule has 1 aromatic carbocycles. The first-order chi connectivity index (χ1) is 6.81. The molecule has 0 bridgehead atoms. The van der Waals surface area contributed by atoms with Crippen molar-refractivity contribution in [2.75, 3.05) is 7.11 Å². The van der Waals surface area contributed by atoms with Gasteiger partial charge in [-0.05, 0) is 18.2 Å². The van der Waals surface area contributed by atoms with E-state index in [0.717, 1.165) is 5.69 Å². The van der Waals surface area contributed by atoms with Gasteiger partial charge in [-0.2, -0.15) is 0 Å². The van der Waals surface area contributed by atoms with E-state index in [1.807, 2.05) is 5.38 Å². The Morgan fingerprint density at radius 3 is 2.93 bits per heavy atom. The lowest BCUT2D eigenvalue weighted by atomic mass is 10.1. The first-order valence-electron chi connectivity index (χ1n) is 4.03. The molecule has 0 N–H and O–H groups in total. The van der Waals surface area contributed by atoms with E-state index >= 15 is 0 Å². The summed E-state index contributed by atoms with van der Waals surface area (Å²) in [5, 5.41) is 1.86. The Hall–Kier alpha value is -1.42. The lowest BCUT2D eigenvalue weighted by Crippen LogP contribution is -1.88. The van der Waals surface area contributed by atoms with Crippen molar-refractivity contribution in [1.29, 1.82) is 0 Å². The maximum Gasteiger partial charge on any atom is 0.128 e. The van der Waals surface area contributed by atoms with E-state index < -0.39 is 0 Å². The number of rotatable bonds is 2. The molecule has 0 unspecified atom stereocenters. The molecule has 2 rings (SSSR count). The molecule has 0 radical (unpaired) electrons. The molecule has 72 valence electrons. The Balaban J connectivity index is 2.55. The molecule has 0 saturated carbocycles. The highest BCUT2D eigenvalue weighted by molar-refractivity contribution is 7.07. The summed E-state index contributed by atoms with van der Waals surface area (Å²) < 4.78 is 18.1. The molecule has 1 aromatic heterocycles. The largest absolute Gasteiger partial charge is 0.496 e. The molecule has 0 aliphatic heterocycles. The van der Waals surface area contributed by atoms with Crippen LogP contribution in [0.1, 0.15) is 0 Å². The highest BCUT2D eigenvalue weighted by atomic mass is 32.1. The average Bonchev–Trinajstić information content (AvgIpc) is 2.70. The van der Waals surface area contributed by atoms with E-state index in [2.05, 4.69) is 4.98 Å². The van der Waals surface area contributed by atoms with E-state index in [-0.39, 0.29) is 5.82 Å². The minimum atomic E-state index is -0.284. The SMILES string of the molecule is COc1ccc(F)cc1-c1cscn1. The molecular formula is C10H8FNOS. The molecule has 0 atom stereocenters. The van der Waals surface area contributed by atoms with Crippen molar-refractivity contribution >= 4 is 11.3 Å². The van der Waals surface area contributed by atoms with Gasteiger partial charge in [0.05, 0.1) is 18.3 Å². The topological polar surface area (TPSA) is 22.1 Å². The highest BCUT2D eigenvalue weighted by Crippen LogP contribution is 2.29. The summed E-state index contributed by atoms with van der Waals surface area (Å²) in [5.41, 5.74) is 3.14. The molecule has 1 heterocycles. The zero-order valence-electron chi connectivity index (χ0n) is 7.53. The van der Waals surface area contributed by atoms with Crippen LogP contribution >= 0.6 is 11.3 Å². The van der Waals surface area contributed by atoms with Crippen LogP contribution in [0.2, 0.25) is 0 Å². The van der Waals surface area contributed by atoms with Crippen LogP contribution in [0.5, 0.6) is 5.75 Å². The van der Waals surface area contributed by atoms with Gasteiger partial charge in [0.25, 0.3) is 0 Å². The lowest BCUT2D eigenvalue weighted by Gasteiger charge is -2.05. The zero-order valence-corrected chi connectivity index (χ0v) is 8.34. The Morgan fingerprint density at radius 1 is 1.43 bits per heavy atom. The van der Waals surface area contributed by atoms with Crippen molar-refractivity contribution < 1.29 is 9.13 Å². The molecule has 14 heavy (non-hydrogen) atoms. The first kappa shape index (κ1) is 9.15. The molecule has 0 aliphatic carbocycles. The van der Waals surface area contributed by atoms with E-state index in [1.165, 1.54) is 23.5 Å². The van der Waals surface area contributed by atoms with Crippen LogP contribution in [0.25, 0.3) is 11.3 Å². The number of benzene rings is 1. The van der Waals surface area contributed by atoms with Gasteiger partial charge in [0.15, 0.2) is 0 Å². The molecule has 0 aliphatic rings. The number of aromatic nitrogens is 1. The average molecular weight is 209 g/mol. The van der Waals surface area contributed by atoms with Crippen LogP contribution in [-0.4, -0.2) is 12.1 Å². The van der Waals surface area contributed by atoms with Crippen LogP contribution in [0.4, 0.5) is 4.39 Å². The van der Waals surface area contributed by atoms with Crippen molar-refractivity contribution in [3.63, 3.8) is 0 Å². The number of hydrogen-bond donors (Lipinski definition) is 0. The van der Waals surface area contributed by atoms with E-state index in [9.17, 15) is 4.39 Å². The molecule has 4 heteroatoms. The first-order valence-corrected chi connectivity index (χ1v) is 4.97. The number of thiazole rings is 1. The van der Waals surface area contributed by atoms with E-state index in [0.29, 0.717) is 11.3 Å². The van der Waals surface area contributed by atoms with Gasteiger partial charge in [0, 0.05) is 10.9 Å². The van der Waals surface area contributed by atoms with Crippen molar-refractivity contribution in [3.05, 3.63) is 34.9 Å². The third-order valence-corrected chi connectivity index (χ3v) is 2.46. The number of halogens is 1. The fourth-order valence-electron chi connectivity index (χ4n) is 1.23. The van der Waals surface area contributed by atoms with Crippen molar-refractivity contribution in [1.82, 2.24) is 4.98 Å². The summed E-state index contributed by atoms with van der Waals surface area (Å²) in [6.45, 7) is 0. The van der Waals surface area contributed by atoms with Crippen LogP contribution < -0.4 is 4.74 Å². The van der Waals surface area contributed by atoms with Gasteiger partial charge in [-0.1, -0.05) is 0 Å². The lowest BCUT2D eigenvalue weighted by molar-refractivity contribution is 0.415. The van der Waals surface area contributed by atoms with E-state index in [4.69, 9.17) is 4.74 Å². The highest BCUT2D eigenvalue weighted by Gasteiger charge is 2.08. The smallest absolute Gasteiger partial charge is 0.128 e. The van der Waals surface area contributed by atoms with Gasteiger partial charge < -0.3 is 4.74 Å². The minimum absolute atomic E-state index is 0.284. The summed E-state index contributed by atoms with van der Waals surface area (Å²) in [6, 6.07) is 4.40. The summed E-state index contributed by atoms with van der Waals surface area (Å²) in [5.74, 6) is 0.353. The van der Waals surface area contributed by atoms with Gasteiger partial charge in [-0.25, -0.2) is 9.37 Å². The quantitative estimate of drug-likeness (QED) is 0.758.